The van der Waals surface area contributed by atoms with Crippen LogP contribution in [-0.4, -0.2) is 24.5 Å². The molecule has 0 radical (unpaired) electrons. The number of rotatable bonds is 5. The third-order valence-electron chi connectivity index (χ3n) is 3.18. The fraction of sp³-hybridized carbons (Fsp3) is 0.692. The van der Waals surface area contributed by atoms with E-state index in [0.717, 1.165) is 35.7 Å². The minimum absolute atomic E-state index is 0.806. The molecule has 0 atom stereocenters. The van der Waals surface area contributed by atoms with Crippen LogP contribution in [0.4, 0.5) is 0 Å². The molecule has 1 saturated carbocycles. The van der Waals surface area contributed by atoms with Crippen LogP contribution in [0.15, 0.2) is 4.99 Å². The summed E-state index contributed by atoms with van der Waals surface area (Å²) >= 11 is 1.75. The summed E-state index contributed by atoms with van der Waals surface area (Å²) in [6, 6.07) is 0. The Bertz CT molecular complexity index is 421. The number of nitrogens with one attached hydrogen (secondary N) is 2. The largest absolute Gasteiger partial charge is 0.356 e. The van der Waals surface area contributed by atoms with Gasteiger partial charge in [-0.15, -0.1) is 11.3 Å². The topological polar surface area (TPSA) is 49.3 Å². The second-order valence-corrected chi connectivity index (χ2v) is 6.11. The van der Waals surface area contributed by atoms with E-state index in [9.17, 15) is 0 Å². The summed E-state index contributed by atoms with van der Waals surface area (Å²) < 4.78 is 0. The summed E-state index contributed by atoms with van der Waals surface area (Å²) in [5, 5.41) is 7.83. The summed E-state index contributed by atoms with van der Waals surface area (Å²) in [5.74, 6) is 1.85. The zero-order valence-corrected chi connectivity index (χ0v) is 12.2. The third kappa shape index (κ3) is 3.98. The lowest BCUT2D eigenvalue weighted by Crippen LogP contribution is -2.37. The summed E-state index contributed by atoms with van der Waals surface area (Å²) in [4.78, 5) is 9.95. The van der Waals surface area contributed by atoms with Gasteiger partial charge in [0, 0.05) is 18.5 Å². The zero-order valence-electron chi connectivity index (χ0n) is 11.4. The molecule has 0 unspecified atom stereocenters. The van der Waals surface area contributed by atoms with E-state index in [-0.39, 0.29) is 0 Å². The Hall–Kier alpha value is -1.10. The Morgan fingerprint density at radius 1 is 1.39 bits per heavy atom. The first kappa shape index (κ1) is 13.3. The van der Waals surface area contributed by atoms with Gasteiger partial charge in [-0.2, -0.15) is 0 Å². The lowest BCUT2D eigenvalue weighted by atomic mass is 10.3. The molecule has 2 N–H and O–H groups in total. The monoisotopic (exact) mass is 266 g/mol. The fourth-order valence-electron chi connectivity index (χ4n) is 1.92. The molecular weight excluding hydrogens is 244 g/mol. The van der Waals surface area contributed by atoms with E-state index in [1.54, 1.807) is 11.3 Å². The molecule has 5 heteroatoms. The van der Waals surface area contributed by atoms with Crippen molar-refractivity contribution in [3.05, 3.63) is 15.6 Å². The van der Waals surface area contributed by atoms with E-state index in [0.29, 0.717) is 0 Å². The number of hydrogen-bond acceptors (Lipinski definition) is 3. The van der Waals surface area contributed by atoms with Crippen LogP contribution >= 0.6 is 11.3 Å². The Balaban J connectivity index is 1.74. The number of aliphatic imine (C=N–C) groups is 1. The molecule has 1 aromatic heterocycles. The number of guanidine groups is 1. The average molecular weight is 266 g/mol. The second-order valence-electron chi connectivity index (χ2n) is 4.83. The molecule has 0 amide bonds. The van der Waals surface area contributed by atoms with Gasteiger partial charge in [-0.1, -0.05) is 12.8 Å². The van der Waals surface area contributed by atoms with Crippen molar-refractivity contribution in [1.82, 2.24) is 15.6 Å². The Kier molecular flexibility index (Phi) is 4.58. The van der Waals surface area contributed by atoms with E-state index in [2.05, 4.69) is 27.5 Å². The van der Waals surface area contributed by atoms with Crippen LogP contribution in [0.1, 0.15) is 34.8 Å². The van der Waals surface area contributed by atoms with Gasteiger partial charge in [0.2, 0.25) is 0 Å². The van der Waals surface area contributed by atoms with Crippen molar-refractivity contribution in [2.24, 2.45) is 10.9 Å². The average Bonchev–Trinajstić information content (AvgIpc) is 3.10. The normalized spacial score (nSPS) is 15.8. The summed E-state index contributed by atoms with van der Waals surface area (Å²) in [7, 11) is 1.82. The van der Waals surface area contributed by atoms with Crippen molar-refractivity contribution in [3.63, 3.8) is 0 Å². The maximum absolute atomic E-state index is 4.43. The minimum atomic E-state index is 0.806. The maximum Gasteiger partial charge on any atom is 0.191 e. The molecule has 0 saturated heterocycles. The van der Waals surface area contributed by atoms with Gasteiger partial charge in [0.1, 0.15) is 0 Å². The molecule has 18 heavy (non-hydrogen) atoms. The molecule has 1 heterocycles. The van der Waals surface area contributed by atoms with Crippen molar-refractivity contribution in [2.45, 2.75) is 39.7 Å². The highest BCUT2D eigenvalue weighted by Crippen LogP contribution is 2.31. The van der Waals surface area contributed by atoms with E-state index >= 15 is 0 Å². The van der Waals surface area contributed by atoms with Crippen LogP contribution in [0, 0.1) is 19.8 Å². The Labute approximate surface area is 113 Å². The molecule has 0 spiro atoms. The number of aryl methyl sites for hydroxylation is 2. The second kappa shape index (κ2) is 6.18. The molecule has 1 aromatic rings. The zero-order chi connectivity index (χ0) is 13.0. The SMILES string of the molecule is CN=C(NCCC1CC1)NCc1sc(C)nc1C. The number of thiazole rings is 1. The first-order valence-corrected chi connectivity index (χ1v) is 7.38. The molecular formula is C13H22N4S. The molecule has 1 aliphatic rings. The fourth-order valence-corrected chi connectivity index (χ4v) is 2.80. The Morgan fingerprint density at radius 2 is 2.17 bits per heavy atom. The first-order chi connectivity index (χ1) is 8.69. The maximum atomic E-state index is 4.43. The smallest absolute Gasteiger partial charge is 0.191 e. The number of nitrogens with zero attached hydrogens (tertiary/aromatic N) is 2. The quantitative estimate of drug-likeness (QED) is 0.634. The van der Waals surface area contributed by atoms with Gasteiger partial charge >= 0.3 is 0 Å². The molecule has 0 aromatic carbocycles. The minimum Gasteiger partial charge on any atom is -0.356 e. The third-order valence-corrected chi connectivity index (χ3v) is 4.25. The van der Waals surface area contributed by atoms with Gasteiger partial charge in [0.05, 0.1) is 17.2 Å². The van der Waals surface area contributed by atoms with Crippen molar-refractivity contribution < 1.29 is 0 Å². The van der Waals surface area contributed by atoms with E-state index in [4.69, 9.17) is 0 Å². The van der Waals surface area contributed by atoms with Crippen LogP contribution in [0.3, 0.4) is 0 Å². The molecule has 0 bridgehead atoms. The van der Waals surface area contributed by atoms with Gasteiger partial charge < -0.3 is 10.6 Å². The van der Waals surface area contributed by atoms with Crippen LogP contribution in [0.25, 0.3) is 0 Å². The highest BCUT2D eigenvalue weighted by molar-refractivity contribution is 7.11. The standard InChI is InChI=1S/C13H22N4S/c1-9-12(18-10(2)17-9)8-16-13(14-3)15-7-6-11-4-5-11/h11H,4-8H2,1-3H3,(H2,14,15,16). The van der Waals surface area contributed by atoms with Crippen molar-refractivity contribution >= 4 is 17.3 Å². The molecule has 1 aliphatic carbocycles. The molecule has 100 valence electrons. The summed E-state index contributed by atoms with van der Waals surface area (Å²) in [6.45, 7) is 5.93. The van der Waals surface area contributed by atoms with Gasteiger partial charge in [0.25, 0.3) is 0 Å². The lowest BCUT2D eigenvalue weighted by Gasteiger charge is -2.11. The van der Waals surface area contributed by atoms with Crippen LogP contribution < -0.4 is 10.6 Å². The Morgan fingerprint density at radius 3 is 2.72 bits per heavy atom. The van der Waals surface area contributed by atoms with Crippen molar-refractivity contribution in [1.29, 1.82) is 0 Å². The summed E-state index contributed by atoms with van der Waals surface area (Å²) in [5.41, 5.74) is 1.12. The van der Waals surface area contributed by atoms with Gasteiger partial charge in [0.15, 0.2) is 5.96 Å². The van der Waals surface area contributed by atoms with Crippen LogP contribution in [0.5, 0.6) is 0 Å². The lowest BCUT2D eigenvalue weighted by molar-refractivity contribution is 0.685. The number of hydrogen-bond donors (Lipinski definition) is 2. The molecule has 2 rings (SSSR count). The van der Waals surface area contributed by atoms with E-state index in [1.165, 1.54) is 24.1 Å². The van der Waals surface area contributed by atoms with E-state index in [1.807, 2.05) is 14.0 Å². The molecule has 1 fully saturated rings. The van der Waals surface area contributed by atoms with Gasteiger partial charge in [-0.05, 0) is 26.2 Å². The van der Waals surface area contributed by atoms with E-state index < -0.39 is 0 Å². The van der Waals surface area contributed by atoms with Crippen molar-refractivity contribution in [2.75, 3.05) is 13.6 Å². The molecule has 0 aliphatic heterocycles. The predicted molar refractivity (Wildman–Crippen MR) is 77.1 cm³/mol. The first-order valence-electron chi connectivity index (χ1n) is 6.56. The summed E-state index contributed by atoms with van der Waals surface area (Å²) in [6.07, 6.45) is 4.08. The predicted octanol–water partition coefficient (Wildman–Crippen LogP) is 2.23. The van der Waals surface area contributed by atoms with Gasteiger partial charge in [-0.3, -0.25) is 4.99 Å². The van der Waals surface area contributed by atoms with Crippen LogP contribution in [-0.2, 0) is 6.54 Å². The van der Waals surface area contributed by atoms with Gasteiger partial charge in [-0.25, -0.2) is 4.98 Å². The van der Waals surface area contributed by atoms with Crippen LogP contribution in [0.2, 0.25) is 0 Å². The number of aromatic nitrogens is 1. The highest BCUT2D eigenvalue weighted by Gasteiger charge is 2.20. The highest BCUT2D eigenvalue weighted by atomic mass is 32.1. The molecule has 4 nitrogen and oxygen atoms in total. The van der Waals surface area contributed by atoms with Crippen molar-refractivity contribution in [3.8, 4) is 0 Å².